The van der Waals surface area contributed by atoms with Gasteiger partial charge in [-0.15, -0.1) is 0 Å². The first-order valence-electron chi connectivity index (χ1n) is 12.2. The maximum absolute atomic E-state index is 15.0. The van der Waals surface area contributed by atoms with Crippen molar-refractivity contribution in [1.82, 2.24) is 19.3 Å². The molecule has 2 aromatic carbocycles. The fourth-order valence-corrected chi connectivity index (χ4v) is 4.24. The number of nitrogens with one attached hydrogen (secondary N) is 3. The lowest BCUT2D eigenvalue weighted by atomic mass is 9.92. The Morgan fingerprint density at radius 1 is 1.13 bits per heavy atom. The van der Waals surface area contributed by atoms with Gasteiger partial charge in [0, 0.05) is 42.6 Å². The van der Waals surface area contributed by atoms with E-state index in [1.165, 1.54) is 22.8 Å². The summed E-state index contributed by atoms with van der Waals surface area (Å²) in [5.74, 6) is 0.454. The molecule has 0 atom stereocenters. The lowest BCUT2D eigenvalue weighted by Crippen LogP contribution is -2.37. The van der Waals surface area contributed by atoms with E-state index >= 15 is 0 Å². The molecule has 2 aromatic heterocycles. The number of amides is 2. The highest BCUT2D eigenvalue weighted by Crippen LogP contribution is 2.28. The van der Waals surface area contributed by atoms with Crippen LogP contribution in [-0.4, -0.2) is 31.9 Å². The Kier molecular flexibility index (Phi) is 6.77. The maximum Gasteiger partial charge on any atom is 0.327 e. The molecule has 0 aliphatic carbocycles. The standard InChI is InChI=1S/C27H27ClFN7O3/c1-27(2,3)21-14-22(36(34-21)16-7-5-15(28)6-8-16)32-25(37)31-19-10-9-17(13-18(19)29)39-20-11-12-30-24-23(20)35(4)26(38)33-24/h5-10,13-14H,11-12H2,1-4H3,(H,30,33,38)(H2,31,32,37). The number of carbonyl (C=O) groups excluding carboxylic acids is 1. The number of aromatic amines is 1. The van der Waals surface area contributed by atoms with E-state index in [-0.39, 0.29) is 22.5 Å². The van der Waals surface area contributed by atoms with E-state index < -0.39 is 11.8 Å². The fourth-order valence-electron chi connectivity index (χ4n) is 4.11. The fraction of sp³-hybridized carbons (Fsp3) is 0.259. The van der Waals surface area contributed by atoms with Gasteiger partial charge < -0.3 is 10.1 Å². The average molecular weight is 552 g/mol. The summed E-state index contributed by atoms with van der Waals surface area (Å²) < 4.78 is 23.9. The number of H-pyrrole nitrogens is 1. The molecular weight excluding hydrogens is 525 g/mol. The molecule has 3 N–H and O–H groups in total. The minimum Gasteiger partial charge on any atom is -0.459 e. The number of urea groups is 1. The quantitative estimate of drug-likeness (QED) is 0.349. The number of anilines is 2. The Hall–Kier alpha value is -4.38. The number of hydrogen-bond acceptors (Lipinski definition) is 5. The molecule has 202 valence electrons. The lowest BCUT2D eigenvalue weighted by Gasteiger charge is -2.14. The summed E-state index contributed by atoms with van der Waals surface area (Å²) in [6.45, 7) is 6.48. The zero-order valence-electron chi connectivity index (χ0n) is 21.8. The van der Waals surface area contributed by atoms with E-state index in [1.54, 1.807) is 42.1 Å². The SMILES string of the molecule is Cn1c(=O)[nH]c2c1=C(Oc1ccc(NC(=O)Nc3cc(C(C)(C)C)nn3-c3ccc(Cl)cc3)c(F)c1)CCN=2. The summed E-state index contributed by atoms with van der Waals surface area (Å²) in [6, 6.07) is 12.3. The van der Waals surface area contributed by atoms with Crippen LogP contribution in [0.2, 0.25) is 5.02 Å². The molecule has 0 fully saturated rings. The molecule has 12 heteroatoms. The first-order chi connectivity index (χ1) is 18.5. The van der Waals surface area contributed by atoms with Crippen LogP contribution in [0, 0.1) is 5.82 Å². The van der Waals surface area contributed by atoms with Gasteiger partial charge in [0.25, 0.3) is 0 Å². The highest BCUT2D eigenvalue weighted by molar-refractivity contribution is 6.30. The molecule has 0 unspecified atom stereocenters. The second kappa shape index (κ2) is 10.1. The summed E-state index contributed by atoms with van der Waals surface area (Å²) >= 11 is 6.03. The second-order valence-electron chi connectivity index (χ2n) is 10.1. The van der Waals surface area contributed by atoms with Gasteiger partial charge in [-0.05, 0) is 36.4 Å². The van der Waals surface area contributed by atoms with Crippen molar-refractivity contribution in [3.63, 3.8) is 0 Å². The molecule has 3 heterocycles. The number of aromatic nitrogens is 4. The van der Waals surface area contributed by atoms with Crippen LogP contribution in [0.3, 0.4) is 0 Å². The molecule has 10 nitrogen and oxygen atoms in total. The van der Waals surface area contributed by atoms with Gasteiger partial charge >= 0.3 is 11.7 Å². The summed E-state index contributed by atoms with van der Waals surface area (Å²) in [7, 11) is 1.61. The number of fused-ring (bicyclic) bond motifs is 1. The summed E-state index contributed by atoms with van der Waals surface area (Å²) in [6.07, 6.45) is 0.458. The van der Waals surface area contributed by atoms with Crippen molar-refractivity contribution in [2.75, 3.05) is 17.2 Å². The van der Waals surface area contributed by atoms with Crippen LogP contribution in [0.25, 0.3) is 11.4 Å². The highest BCUT2D eigenvalue weighted by atomic mass is 35.5. The molecule has 5 rings (SSSR count). The Morgan fingerprint density at radius 3 is 2.56 bits per heavy atom. The third kappa shape index (κ3) is 5.44. The average Bonchev–Trinajstić information content (AvgIpc) is 3.42. The molecule has 4 aromatic rings. The van der Waals surface area contributed by atoms with Crippen LogP contribution < -0.4 is 31.9 Å². The number of hydrogen-bond donors (Lipinski definition) is 3. The molecule has 39 heavy (non-hydrogen) atoms. The Morgan fingerprint density at radius 2 is 1.87 bits per heavy atom. The van der Waals surface area contributed by atoms with Crippen LogP contribution >= 0.6 is 11.6 Å². The molecule has 1 aliphatic heterocycles. The smallest absolute Gasteiger partial charge is 0.327 e. The highest BCUT2D eigenvalue weighted by Gasteiger charge is 2.22. The van der Waals surface area contributed by atoms with Gasteiger partial charge in [0.1, 0.15) is 28.5 Å². The van der Waals surface area contributed by atoms with Gasteiger partial charge in [-0.2, -0.15) is 5.10 Å². The zero-order chi connectivity index (χ0) is 27.9. The van der Waals surface area contributed by atoms with Crippen LogP contribution in [0.4, 0.5) is 20.7 Å². The monoisotopic (exact) mass is 551 g/mol. The largest absolute Gasteiger partial charge is 0.459 e. The normalized spacial score (nSPS) is 13.0. The van der Waals surface area contributed by atoms with Gasteiger partial charge in [-0.1, -0.05) is 32.4 Å². The third-order valence-corrected chi connectivity index (χ3v) is 6.43. The van der Waals surface area contributed by atoms with Crippen molar-refractivity contribution in [2.45, 2.75) is 32.6 Å². The van der Waals surface area contributed by atoms with Crippen molar-refractivity contribution >= 4 is 34.9 Å². The topological polar surface area (TPSA) is 118 Å². The van der Waals surface area contributed by atoms with Crippen LogP contribution in [0.15, 0.2) is 58.3 Å². The summed E-state index contributed by atoms with van der Waals surface area (Å²) in [4.78, 5) is 31.8. The number of imidazole rings is 1. The van der Waals surface area contributed by atoms with Gasteiger partial charge in [0.15, 0.2) is 5.49 Å². The summed E-state index contributed by atoms with van der Waals surface area (Å²) in [5, 5.41) is 11.1. The number of benzene rings is 2. The molecule has 0 spiro atoms. The van der Waals surface area contributed by atoms with E-state index in [0.29, 0.717) is 46.1 Å². The minimum absolute atomic E-state index is 0.0353. The molecule has 1 aliphatic rings. The van der Waals surface area contributed by atoms with E-state index in [0.717, 1.165) is 5.69 Å². The van der Waals surface area contributed by atoms with Crippen LogP contribution in [0.5, 0.6) is 5.75 Å². The molecule has 2 amide bonds. The van der Waals surface area contributed by atoms with Crippen molar-refractivity contribution < 1.29 is 13.9 Å². The number of nitrogens with zero attached hydrogens (tertiary/aromatic N) is 4. The van der Waals surface area contributed by atoms with Crippen molar-refractivity contribution in [2.24, 2.45) is 12.0 Å². The van der Waals surface area contributed by atoms with Gasteiger partial charge in [0.05, 0.1) is 17.1 Å². The van der Waals surface area contributed by atoms with Crippen molar-refractivity contribution in [3.8, 4) is 11.4 Å². The van der Waals surface area contributed by atoms with Crippen LogP contribution in [-0.2, 0) is 12.5 Å². The molecule has 0 bridgehead atoms. The van der Waals surface area contributed by atoms with E-state index in [2.05, 4.69) is 25.7 Å². The molecule has 0 saturated carbocycles. The number of ether oxygens (including phenoxy) is 1. The Bertz CT molecular complexity index is 1750. The van der Waals surface area contributed by atoms with E-state index in [9.17, 15) is 14.0 Å². The minimum atomic E-state index is -0.687. The van der Waals surface area contributed by atoms with Crippen LogP contribution in [0.1, 0.15) is 32.9 Å². The number of carbonyl (C=O) groups is 1. The van der Waals surface area contributed by atoms with Gasteiger partial charge in [-0.3, -0.25) is 19.9 Å². The molecule has 0 radical (unpaired) electrons. The van der Waals surface area contributed by atoms with E-state index in [4.69, 9.17) is 16.3 Å². The number of rotatable bonds is 5. The predicted octanol–water partition coefficient (Wildman–Crippen LogP) is 3.84. The van der Waals surface area contributed by atoms with Crippen molar-refractivity contribution in [3.05, 3.63) is 86.4 Å². The number of halogens is 2. The van der Waals surface area contributed by atoms with Gasteiger partial charge in [-0.25, -0.2) is 18.7 Å². The Balaban J connectivity index is 1.36. The third-order valence-electron chi connectivity index (χ3n) is 6.18. The summed E-state index contributed by atoms with van der Waals surface area (Å²) in [5.41, 5.74) is 1.28. The Labute approximate surface area is 227 Å². The maximum atomic E-state index is 15.0. The lowest BCUT2D eigenvalue weighted by molar-refractivity contribution is 0.262. The molecular formula is C27H27ClFN7O3. The van der Waals surface area contributed by atoms with Gasteiger partial charge in [0.2, 0.25) is 0 Å². The van der Waals surface area contributed by atoms with Crippen molar-refractivity contribution in [1.29, 1.82) is 0 Å². The first kappa shape index (κ1) is 26.2. The molecule has 0 saturated heterocycles. The zero-order valence-corrected chi connectivity index (χ0v) is 22.6. The first-order valence-corrected chi connectivity index (χ1v) is 12.6. The predicted molar refractivity (Wildman–Crippen MR) is 147 cm³/mol. The second-order valence-corrected chi connectivity index (χ2v) is 10.6. The van der Waals surface area contributed by atoms with E-state index in [1.807, 2.05) is 20.8 Å².